The van der Waals surface area contributed by atoms with E-state index < -0.39 is 10.0 Å². The first-order valence-electron chi connectivity index (χ1n) is 11.5. The van der Waals surface area contributed by atoms with Crippen molar-refractivity contribution in [1.82, 2.24) is 14.2 Å². The van der Waals surface area contributed by atoms with Gasteiger partial charge < -0.3 is 5.32 Å². The lowest BCUT2D eigenvalue weighted by atomic mass is 9.97. The van der Waals surface area contributed by atoms with Gasteiger partial charge in [0, 0.05) is 26.2 Å². The Labute approximate surface area is 198 Å². The minimum atomic E-state index is -3.47. The molecule has 1 aromatic heterocycles. The van der Waals surface area contributed by atoms with Crippen LogP contribution in [0.15, 0.2) is 53.4 Å². The molecule has 0 spiro atoms. The molecule has 1 N–H and O–H groups in total. The first-order valence-corrected chi connectivity index (χ1v) is 13.7. The summed E-state index contributed by atoms with van der Waals surface area (Å²) in [6, 6.07) is 15.3. The molecule has 3 aromatic rings. The first kappa shape index (κ1) is 22.5. The average molecular weight is 485 g/mol. The van der Waals surface area contributed by atoms with Crippen molar-refractivity contribution in [2.75, 3.05) is 31.5 Å². The highest BCUT2D eigenvalue weighted by atomic mass is 32.2. The number of sulfonamides is 1. The predicted octanol–water partition coefficient (Wildman–Crippen LogP) is 3.93. The van der Waals surface area contributed by atoms with E-state index in [4.69, 9.17) is 0 Å². The van der Waals surface area contributed by atoms with Crippen molar-refractivity contribution in [3.8, 4) is 0 Å². The van der Waals surface area contributed by atoms with Crippen LogP contribution in [0.3, 0.4) is 0 Å². The summed E-state index contributed by atoms with van der Waals surface area (Å²) in [7, 11) is -3.47. The highest BCUT2D eigenvalue weighted by molar-refractivity contribution is 7.89. The van der Waals surface area contributed by atoms with E-state index in [-0.39, 0.29) is 11.8 Å². The number of fused-ring (bicyclic) bond motifs is 1. The highest BCUT2D eigenvalue weighted by Crippen LogP contribution is 2.31. The van der Waals surface area contributed by atoms with E-state index >= 15 is 0 Å². The molecule has 7 nitrogen and oxygen atoms in total. The Morgan fingerprint density at radius 2 is 1.85 bits per heavy atom. The van der Waals surface area contributed by atoms with Gasteiger partial charge >= 0.3 is 0 Å². The number of hydrogen-bond donors (Lipinski definition) is 1. The van der Waals surface area contributed by atoms with Crippen LogP contribution in [0.25, 0.3) is 10.2 Å². The molecule has 3 heterocycles. The van der Waals surface area contributed by atoms with Gasteiger partial charge in [0.25, 0.3) is 0 Å². The second kappa shape index (κ2) is 9.50. The molecule has 1 atom stereocenters. The number of thiazole rings is 1. The van der Waals surface area contributed by atoms with Crippen LogP contribution in [0.2, 0.25) is 0 Å². The van der Waals surface area contributed by atoms with Crippen LogP contribution in [-0.2, 0) is 21.4 Å². The molecule has 0 bridgehead atoms. The number of amides is 1. The van der Waals surface area contributed by atoms with Crippen LogP contribution in [-0.4, -0.2) is 54.7 Å². The summed E-state index contributed by atoms with van der Waals surface area (Å²) in [6.45, 7) is 3.72. The third kappa shape index (κ3) is 4.96. The molecule has 2 aromatic carbocycles. The number of piperidine rings is 1. The molecule has 2 aliphatic rings. The van der Waals surface area contributed by atoms with Gasteiger partial charge in [-0.15, -0.1) is 0 Å². The summed E-state index contributed by atoms with van der Waals surface area (Å²) >= 11 is 1.33. The molecular formula is C24H28N4O3S2. The fraction of sp³-hybridized carbons (Fsp3) is 0.417. The number of carbonyl (C=O) groups excluding carboxylic acids is 1. The number of carbonyl (C=O) groups is 1. The number of benzene rings is 2. The fourth-order valence-electron chi connectivity index (χ4n) is 4.66. The van der Waals surface area contributed by atoms with E-state index in [1.54, 1.807) is 22.5 Å². The SMILES string of the molecule is O=C(Nc1nc2ccc(S(=O)(=O)N3CCCC3)cc2s1)C1CCCN(Cc2ccccc2)C1. The van der Waals surface area contributed by atoms with Crippen molar-refractivity contribution in [1.29, 1.82) is 0 Å². The second-order valence-electron chi connectivity index (χ2n) is 8.81. The van der Waals surface area contributed by atoms with Crippen molar-refractivity contribution >= 4 is 42.6 Å². The van der Waals surface area contributed by atoms with Gasteiger partial charge in [0.15, 0.2) is 5.13 Å². The monoisotopic (exact) mass is 484 g/mol. The minimum Gasteiger partial charge on any atom is -0.302 e. The Balaban J connectivity index is 1.26. The van der Waals surface area contributed by atoms with Crippen molar-refractivity contribution in [3.05, 3.63) is 54.1 Å². The van der Waals surface area contributed by atoms with Crippen LogP contribution < -0.4 is 5.32 Å². The summed E-state index contributed by atoms with van der Waals surface area (Å²) in [4.78, 5) is 20.1. The molecule has 1 unspecified atom stereocenters. The zero-order valence-electron chi connectivity index (χ0n) is 18.4. The molecule has 9 heteroatoms. The van der Waals surface area contributed by atoms with Crippen molar-refractivity contribution < 1.29 is 13.2 Å². The van der Waals surface area contributed by atoms with E-state index in [0.717, 1.165) is 50.0 Å². The summed E-state index contributed by atoms with van der Waals surface area (Å²) < 4.78 is 28.0. The normalized spacial score (nSPS) is 20.3. The molecule has 5 rings (SSSR count). The van der Waals surface area contributed by atoms with E-state index in [1.807, 2.05) is 18.2 Å². The second-order valence-corrected chi connectivity index (χ2v) is 11.8. The van der Waals surface area contributed by atoms with E-state index in [0.29, 0.717) is 28.6 Å². The topological polar surface area (TPSA) is 82.6 Å². The smallest absolute Gasteiger partial charge is 0.243 e. The fourth-order valence-corrected chi connectivity index (χ4v) is 7.19. The van der Waals surface area contributed by atoms with E-state index in [1.165, 1.54) is 16.9 Å². The van der Waals surface area contributed by atoms with Gasteiger partial charge in [0.05, 0.1) is 21.0 Å². The molecule has 2 fully saturated rings. The van der Waals surface area contributed by atoms with Gasteiger partial charge in [-0.25, -0.2) is 13.4 Å². The number of nitrogens with zero attached hydrogens (tertiary/aromatic N) is 3. The Bertz CT molecular complexity index is 1240. The Morgan fingerprint density at radius 3 is 2.64 bits per heavy atom. The number of nitrogens with one attached hydrogen (secondary N) is 1. The Hall–Kier alpha value is -2.33. The maximum Gasteiger partial charge on any atom is 0.243 e. The lowest BCUT2D eigenvalue weighted by Crippen LogP contribution is -2.40. The molecule has 174 valence electrons. The zero-order valence-corrected chi connectivity index (χ0v) is 20.1. The number of rotatable bonds is 6. The quantitative estimate of drug-likeness (QED) is 0.573. The summed E-state index contributed by atoms with van der Waals surface area (Å²) in [5.41, 5.74) is 1.95. The van der Waals surface area contributed by atoms with Crippen LogP contribution in [0, 0.1) is 5.92 Å². The number of aromatic nitrogens is 1. The van der Waals surface area contributed by atoms with Gasteiger partial charge in [-0.05, 0) is 56.0 Å². The van der Waals surface area contributed by atoms with Crippen molar-refractivity contribution in [3.63, 3.8) is 0 Å². The zero-order chi connectivity index (χ0) is 22.8. The maximum atomic E-state index is 13.0. The lowest BCUT2D eigenvalue weighted by Gasteiger charge is -2.31. The molecular weight excluding hydrogens is 456 g/mol. The summed E-state index contributed by atoms with van der Waals surface area (Å²) in [5.74, 6) is -0.0997. The number of anilines is 1. The molecule has 2 saturated heterocycles. The van der Waals surface area contributed by atoms with Gasteiger partial charge in [-0.3, -0.25) is 9.69 Å². The molecule has 0 saturated carbocycles. The van der Waals surface area contributed by atoms with Crippen LogP contribution >= 0.6 is 11.3 Å². The van der Waals surface area contributed by atoms with E-state index in [9.17, 15) is 13.2 Å². The molecule has 0 radical (unpaired) electrons. The summed E-state index contributed by atoms with van der Waals surface area (Å²) in [5, 5.41) is 3.50. The van der Waals surface area contributed by atoms with Gasteiger partial charge in [-0.2, -0.15) is 4.31 Å². The number of hydrogen-bond acceptors (Lipinski definition) is 6. The molecule has 1 amide bonds. The minimum absolute atomic E-state index is 0.0169. The van der Waals surface area contributed by atoms with Crippen LogP contribution in [0.4, 0.5) is 5.13 Å². The van der Waals surface area contributed by atoms with Crippen LogP contribution in [0.1, 0.15) is 31.2 Å². The largest absolute Gasteiger partial charge is 0.302 e. The van der Waals surface area contributed by atoms with Gasteiger partial charge in [0.1, 0.15) is 0 Å². The van der Waals surface area contributed by atoms with Crippen molar-refractivity contribution in [2.24, 2.45) is 5.92 Å². The molecule has 0 aliphatic carbocycles. The summed E-state index contributed by atoms with van der Waals surface area (Å²) in [6.07, 6.45) is 3.66. The lowest BCUT2D eigenvalue weighted by molar-refractivity contribution is -0.121. The van der Waals surface area contributed by atoms with Gasteiger partial charge in [-0.1, -0.05) is 41.7 Å². The maximum absolute atomic E-state index is 13.0. The van der Waals surface area contributed by atoms with E-state index in [2.05, 4.69) is 27.3 Å². The van der Waals surface area contributed by atoms with Crippen LogP contribution in [0.5, 0.6) is 0 Å². The highest BCUT2D eigenvalue weighted by Gasteiger charge is 2.28. The Kier molecular flexibility index (Phi) is 6.47. The number of likely N-dealkylation sites (tertiary alicyclic amines) is 1. The molecule has 2 aliphatic heterocycles. The third-order valence-corrected chi connectivity index (χ3v) is 9.25. The Morgan fingerprint density at radius 1 is 1.06 bits per heavy atom. The van der Waals surface area contributed by atoms with Gasteiger partial charge in [0.2, 0.25) is 15.9 Å². The van der Waals surface area contributed by atoms with Crippen molar-refractivity contribution in [2.45, 2.75) is 37.1 Å². The predicted molar refractivity (Wildman–Crippen MR) is 131 cm³/mol. The standard InChI is InChI=1S/C24H28N4O3S2/c29-23(19-9-6-12-27(17-19)16-18-7-2-1-3-8-18)26-24-25-21-11-10-20(15-22(21)32-24)33(30,31)28-13-4-5-14-28/h1-3,7-8,10-11,15,19H,4-6,9,12-14,16-17H2,(H,25,26,29). The average Bonchev–Trinajstić information content (AvgIpc) is 3.50. The first-order chi connectivity index (χ1) is 16.0. The third-order valence-electron chi connectivity index (χ3n) is 6.42. The molecule has 33 heavy (non-hydrogen) atoms.